The number of aromatic nitrogens is 4. The van der Waals surface area contributed by atoms with Crippen molar-refractivity contribution in [3.05, 3.63) is 40.4 Å². The van der Waals surface area contributed by atoms with Crippen LogP contribution < -0.4 is 4.90 Å². The summed E-state index contributed by atoms with van der Waals surface area (Å²) >= 11 is 5.97. The second-order valence-electron chi connectivity index (χ2n) is 8.04. The molecule has 0 aliphatic carbocycles. The molecular weight excluding hydrogens is 421 g/mol. The molecule has 1 aromatic carbocycles. The average Bonchev–Trinajstić information content (AvgIpc) is 3.29. The number of morpholine rings is 1. The molecule has 2 saturated heterocycles. The lowest BCUT2D eigenvalue weighted by molar-refractivity contribution is -0.00167. The standard InChI is InChI=1S/C22H23ClFN5O2/c1-12-13(2)26-21-20(25-12)19(16-4-3-15(23)9-17(16)24)27-22(28-21)29-6-8-31-18(10-29)14-5-7-30-11-14/h3-4,9,14,18H,5-8,10-11H2,1-2H3/t14-,18-/m1/s1. The molecule has 2 fully saturated rings. The Hall–Kier alpha value is -2.42. The van der Waals surface area contributed by atoms with Gasteiger partial charge in [-0.2, -0.15) is 4.98 Å². The molecule has 7 nitrogen and oxygen atoms in total. The summed E-state index contributed by atoms with van der Waals surface area (Å²) in [5, 5.41) is 0.327. The second-order valence-corrected chi connectivity index (χ2v) is 8.48. The number of aryl methyl sites for hydroxylation is 2. The fraction of sp³-hybridized carbons (Fsp3) is 0.455. The van der Waals surface area contributed by atoms with Crippen molar-refractivity contribution in [2.45, 2.75) is 26.4 Å². The molecule has 162 valence electrons. The van der Waals surface area contributed by atoms with Crippen molar-refractivity contribution in [3.8, 4) is 11.3 Å². The molecule has 5 rings (SSSR count). The number of ether oxygens (including phenoxy) is 2. The van der Waals surface area contributed by atoms with Crippen LogP contribution in [0.5, 0.6) is 0 Å². The zero-order valence-electron chi connectivity index (χ0n) is 17.4. The third-order valence-electron chi connectivity index (χ3n) is 5.98. The molecule has 2 atom stereocenters. The van der Waals surface area contributed by atoms with Crippen molar-refractivity contribution in [2.24, 2.45) is 5.92 Å². The molecular formula is C22H23ClFN5O2. The third-order valence-corrected chi connectivity index (χ3v) is 6.22. The Bertz CT molecular complexity index is 1140. The summed E-state index contributed by atoms with van der Waals surface area (Å²) in [4.78, 5) is 20.8. The van der Waals surface area contributed by atoms with Gasteiger partial charge in [-0.05, 0) is 38.5 Å². The van der Waals surface area contributed by atoms with Gasteiger partial charge in [0, 0.05) is 36.2 Å². The molecule has 4 heterocycles. The van der Waals surface area contributed by atoms with Gasteiger partial charge < -0.3 is 14.4 Å². The van der Waals surface area contributed by atoms with E-state index in [-0.39, 0.29) is 6.10 Å². The Morgan fingerprint density at radius 3 is 2.71 bits per heavy atom. The van der Waals surface area contributed by atoms with Crippen molar-refractivity contribution >= 4 is 28.7 Å². The van der Waals surface area contributed by atoms with Crippen LogP contribution in [0.3, 0.4) is 0 Å². The highest BCUT2D eigenvalue weighted by atomic mass is 35.5. The lowest BCUT2D eigenvalue weighted by Gasteiger charge is -2.35. The molecule has 2 aliphatic heterocycles. The van der Waals surface area contributed by atoms with Crippen LogP contribution in [0.4, 0.5) is 10.3 Å². The summed E-state index contributed by atoms with van der Waals surface area (Å²) in [7, 11) is 0. The zero-order chi connectivity index (χ0) is 21.5. The van der Waals surface area contributed by atoms with E-state index in [2.05, 4.69) is 14.9 Å². The number of halogens is 2. The van der Waals surface area contributed by atoms with Gasteiger partial charge in [0.1, 0.15) is 17.0 Å². The highest BCUT2D eigenvalue weighted by molar-refractivity contribution is 6.30. The number of anilines is 1. The average molecular weight is 444 g/mol. The molecule has 0 amide bonds. The summed E-state index contributed by atoms with van der Waals surface area (Å²) in [5.41, 5.74) is 3.20. The first kappa shape index (κ1) is 20.5. The number of benzene rings is 1. The van der Waals surface area contributed by atoms with E-state index in [1.165, 1.54) is 6.07 Å². The lowest BCUT2D eigenvalue weighted by atomic mass is 10.0. The topological polar surface area (TPSA) is 73.3 Å². The first-order valence-corrected chi connectivity index (χ1v) is 10.8. The van der Waals surface area contributed by atoms with E-state index >= 15 is 0 Å². The fourth-order valence-corrected chi connectivity index (χ4v) is 4.26. The van der Waals surface area contributed by atoms with Gasteiger partial charge in [-0.15, -0.1) is 0 Å². The Kier molecular flexibility index (Phi) is 5.45. The number of fused-ring (bicyclic) bond motifs is 1. The third kappa shape index (κ3) is 3.95. The maximum Gasteiger partial charge on any atom is 0.228 e. The van der Waals surface area contributed by atoms with Crippen LogP contribution in [0.2, 0.25) is 5.02 Å². The van der Waals surface area contributed by atoms with E-state index in [1.807, 2.05) is 13.8 Å². The predicted molar refractivity (Wildman–Crippen MR) is 116 cm³/mol. The van der Waals surface area contributed by atoms with E-state index in [4.69, 9.17) is 31.0 Å². The number of rotatable bonds is 3. The van der Waals surface area contributed by atoms with Crippen LogP contribution in [0.15, 0.2) is 18.2 Å². The normalized spacial score (nSPS) is 21.7. The van der Waals surface area contributed by atoms with Gasteiger partial charge in [-0.25, -0.2) is 19.3 Å². The first-order chi connectivity index (χ1) is 15.0. The minimum atomic E-state index is -0.457. The second kappa shape index (κ2) is 8.26. The van der Waals surface area contributed by atoms with E-state index in [1.54, 1.807) is 12.1 Å². The Labute approximate surface area is 184 Å². The number of hydrogen-bond acceptors (Lipinski definition) is 7. The maximum absolute atomic E-state index is 14.8. The quantitative estimate of drug-likeness (QED) is 0.610. The molecule has 31 heavy (non-hydrogen) atoms. The van der Waals surface area contributed by atoms with Crippen LogP contribution >= 0.6 is 11.6 Å². The molecule has 0 spiro atoms. The van der Waals surface area contributed by atoms with E-state index < -0.39 is 5.82 Å². The van der Waals surface area contributed by atoms with Crippen LogP contribution in [0.25, 0.3) is 22.4 Å². The summed E-state index contributed by atoms with van der Waals surface area (Å²) < 4.78 is 26.4. The fourth-order valence-electron chi connectivity index (χ4n) is 4.10. The van der Waals surface area contributed by atoms with Gasteiger partial charge in [0.05, 0.1) is 30.7 Å². The molecule has 3 aromatic rings. The summed E-state index contributed by atoms with van der Waals surface area (Å²) in [6, 6.07) is 4.55. The number of nitrogens with zero attached hydrogens (tertiary/aromatic N) is 5. The van der Waals surface area contributed by atoms with Gasteiger partial charge >= 0.3 is 0 Å². The monoisotopic (exact) mass is 443 g/mol. The van der Waals surface area contributed by atoms with Crippen molar-refractivity contribution < 1.29 is 13.9 Å². The van der Waals surface area contributed by atoms with Gasteiger partial charge in [0.2, 0.25) is 5.95 Å². The zero-order valence-corrected chi connectivity index (χ0v) is 18.2. The van der Waals surface area contributed by atoms with E-state index in [9.17, 15) is 4.39 Å². The molecule has 2 aromatic heterocycles. The van der Waals surface area contributed by atoms with Gasteiger partial charge in [0.25, 0.3) is 0 Å². The van der Waals surface area contributed by atoms with Crippen molar-refractivity contribution in [2.75, 3.05) is 37.8 Å². The molecule has 0 unspecified atom stereocenters. The Morgan fingerprint density at radius 2 is 1.94 bits per heavy atom. The lowest BCUT2D eigenvalue weighted by Crippen LogP contribution is -2.46. The van der Waals surface area contributed by atoms with Gasteiger partial charge in [0.15, 0.2) is 5.65 Å². The SMILES string of the molecule is Cc1nc2nc(N3CCO[C@@H]([C@@H]4CCOC4)C3)nc(-c3ccc(Cl)cc3F)c2nc1C. The summed E-state index contributed by atoms with van der Waals surface area (Å²) in [6.07, 6.45) is 1.04. The van der Waals surface area contributed by atoms with Crippen LogP contribution in [-0.2, 0) is 9.47 Å². The summed E-state index contributed by atoms with van der Waals surface area (Å²) in [5.74, 6) is 0.407. The molecule has 0 saturated carbocycles. The van der Waals surface area contributed by atoms with E-state index in [0.717, 1.165) is 24.4 Å². The van der Waals surface area contributed by atoms with Gasteiger partial charge in [-0.3, -0.25) is 0 Å². The Morgan fingerprint density at radius 1 is 1.10 bits per heavy atom. The smallest absolute Gasteiger partial charge is 0.228 e. The van der Waals surface area contributed by atoms with Crippen molar-refractivity contribution in [1.29, 1.82) is 0 Å². The summed E-state index contributed by atoms with van der Waals surface area (Å²) in [6.45, 7) is 7.11. The largest absolute Gasteiger partial charge is 0.381 e. The molecule has 0 bridgehead atoms. The molecule has 0 N–H and O–H groups in total. The number of hydrogen-bond donors (Lipinski definition) is 0. The Balaban J connectivity index is 1.61. The molecule has 9 heteroatoms. The van der Waals surface area contributed by atoms with Crippen molar-refractivity contribution in [3.63, 3.8) is 0 Å². The highest BCUT2D eigenvalue weighted by Gasteiger charge is 2.32. The van der Waals surface area contributed by atoms with E-state index in [0.29, 0.717) is 65.6 Å². The van der Waals surface area contributed by atoms with Crippen molar-refractivity contribution in [1.82, 2.24) is 19.9 Å². The predicted octanol–water partition coefficient (Wildman–Crippen LogP) is 3.74. The highest BCUT2D eigenvalue weighted by Crippen LogP contribution is 2.31. The maximum atomic E-state index is 14.8. The minimum absolute atomic E-state index is 0.0529. The van der Waals surface area contributed by atoms with Crippen LogP contribution in [0, 0.1) is 25.6 Å². The molecule has 2 aliphatic rings. The van der Waals surface area contributed by atoms with Crippen LogP contribution in [0.1, 0.15) is 17.8 Å². The first-order valence-electron chi connectivity index (χ1n) is 10.4. The molecule has 0 radical (unpaired) electrons. The van der Waals surface area contributed by atoms with Crippen LogP contribution in [-0.4, -0.2) is 59.0 Å². The minimum Gasteiger partial charge on any atom is -0.381 e. The van der Waals surface area contributed by atoms with Gasteiger partial charge in [-0.1, -0.05) is 11.6 Å².